The maximum Gasteiger partial charge on any atom is 0.336 e. The monoisotopic (exact) mass is 824 g/mol. The molecule has 0 aliphatic carbocycles. The van der Waals surface area contributed by atoms with Gasteiger partial charge in [-0.25, -0.2) is 9.59 Å². The van der Waals surface area contributed by atoms with Crippen LogP contribution in [0.4, 0.5) is 22.7 Å². The molecule has 302 valence electrons. The van der Waals surface area contributed by atoms with E-state index in [-0.39, 0.29) is 50.1 Å². The molecular formula is C46H58N2NiO4S2-4. The molecule has 0 unspecified atom stereocenters. The van der Waals surface area contributed by atoms with Crippen molar-refractivity contribution in [1.82, 2.24) is 0 Å². The van der Waals surface area contributed by atoms with E-state index in [1.165, 1.54) is 11.1 Å². The van der Waals surface area contributed by atoms with Crippen molar-refractivity contribution in [3.8, 4) is 0 Å². The van der Waals surface area contributed by atoms with Crippen molar-refractivity contribution in [3.05, 3.63) is 117 Å². The molecule has 0 saturated heterocycles. The van der Waals surface area contributed by atoms with Gasteiger partial charge in [0.15, 0.2) is 0 Å². The average Bonchev–Trinajstić information content (AvgIpc) is 3.05. The summed E-state index contributed by atoms with van der Waals surface area (Å²) >= 11 is 11.5. The van der Waals surface area contributed by atoms with Gasteiger partial charge in [-0.2, -0.15) is 21.2 Å². The van der Waals surface area contributed by atoms with E-state index in [4.69, 9.17) is 45.4 Å². The van der Waals surface area contributed by atoms with Crippen LogP contribution in [0.3, 0.4) is 0 Å². The van der Waals surface area contributed by atoms with E-state index in [9.17, 15) is 9.59 Å². The van der Waals surface area contributed by atoms with E-state index in [1.54, 1.807) is 26.0 Å². The third-order valence-electron chi connectivity index (χ3n) is 8.77. The van der Waals surface area contributed by atoms with Gasteiger partial charge in [0.05, 0.1) is 13.2 Å². The van der Waals surface area contributed by atoms with Gasteiger partial charge in [0.1, 0.15) is 0 Å². The van der Waals surface area contributed by atoms with Crippen molar-refractivity contribution >= 4 is 59.9 Å². The molecule has 0 radical (unpaired) electrons. The first-order valence-electron chi connectivity index (χ1n) is 18.6. The van der Waals surface area contributed by atoms with E-state index in [1.807, 2.05) is 48.5 Å². The number of carbonyl (C=O) groups is 2. The number of benzene rings is 4. The zero-order valence-electron chi connectivity index (χ0n) is 35.0. The van der Waals surface area contributed by atoms with Gasteiger partial charge in [-0.05, 0) is 58.8 Å². The summed E-state index contributed by atoms with van der Waals surface area (Å²) in [6.07, 6.45) is 0. The summed E-state index contributed by atoms with van der Waals surface area (Å²) in [6, 6.07) is 22.9. The largest absolute Gasteiger partial charge is 0.781 e. The number of nitrogens with zero attached hydrogens (tertiary/aromatic N) is 2. The third kappa shape index (κ3) is 12.7. The molecule has 0 aromatic heterocycles. The molecule has 0 fully saturated rings. The van der Waals surface area contributed by atoms with Crippen LogP contribution in [0, 0.1) is 0 Å². The van der Waals surface area contributed by atoms with Crippen LogP contribution in [-0.4, -0.2) is 25.2 Å². The molecular weight excluding hydrogens is 767 g/mol. The molecule has 0 heterocycles. The molecule has 4 aromatic carbocycles. The van der Waals surface area contributed by atoms with Crippen molar-refractivity contribution in [2.24, 2.45) is 0 Å². The first-order chi connectivity index (χ1) is 24.9. The van der Waals surface area contributed by atoms with Gasteiger partial charge in [0, 0.05) is 27.6 Å². The van der Waals surface area contributed by atoms with Crippen LogP contribution >= 0.6 is 0 Å². The number of carbonyl (C=O) groups excluding carboxylic acids is 2. The molecule has 4 rings (SSSR count). The second-order valence-electron chi connectivity index (χ2n) is 17.4. The van der Waals surface area contributed by atoms with Crippen LogP contribution in [-0.2, 0) is 72.9 Å². The number of rotatable bonds is 8. The Morgan fingerprint density at radius 3 is 1.09 bits per heavy atom. The summed E-state index contributed by atoms with van der Waals surface area (Å²) in [5.41, 5.74) is 7.78. The van der Waals surface area contributed by atoms with Gasteiger partial charge in [-0.15, -0.1) is 11.4 Å². The Bertz CT molecular complexity index is 1810. The van der Waals surface area contributed by atoms with Gasteiger partial charge in [-0.1, -0.05) is 155 Å². The maximum atomic E-state index is 12.3. The standard InChI is InChI=1S/2C23H31NO2S.Ni/c2*1-8-26-21(25)16-11-9-10-12-18(16)24-19-14-15(22(2,3)4)13-17(20(19)27)23(5,6)7;/h2*9-14H,8H2,1-7H3,(H2,24,25,27);/p-4. The first-order valence-corrected chi connectivity index (χ1v) is 19.4. The van der Waals surface area contributed by atoms with E-state index >= 15 is 0 Å². The molecule has 4 aromatic rings. The van der Waals surface area contributed by atoms with Crippen molar-refractivity contribution in [2.75, 3.05) is 13.2 Å². The minimum absolute atomic E-state index is 0. The first kappa shape index (κ1) is 47.5. The summed E-state index contributed by atoms with van der Waals surface area (Å²) < 4.78 is 10.3. The van der Waals surface area contributed by atoms with Crippen LogP contribution in [0.15, 0.2) is 82.6 Å². The molecule has 0 spiro atoms. The summed E-state index contributed by atoms with van der Waals surface area (Å²) in [5, 5.41) is 9.57. The minimum Gasteiger partial charge on any atom is -0.781 e. The van der Waals surface area contributed by atoms with E-state index in [2.05, 4.69) is 95.2 Å². The van der Waals surface area contributed by atoms with Crippen LogP contribution in [0.5, 0.6) is 0 Å². The average molecular weight is 826 g/mol. The summed E-state index contributed by atoms with van der Waals surface area (Å²) in [5.74, 6) is -0.739. The van der Waals surface area contributed by atoms with Crippen LogP contribution in [0.1, 0.15) is 140 Å². The molecule has 0 aliphatic heterocycles. The normalized spacial score (nSPS) is 11.7. The molecule has 0 N–H and O–H groups in total. The Balaban J connectivity index is 0.000000373. The third-order valence-corrected chi connectivity index (χ3v) is 9.63. The molecule has 9 heteroatoms. The van der Waals surface area contributed by atoms with Crippen LogP contribution in [0.25, 0.3) is 10.6 Å². The minimum atomic E-state index is -0.370. The fraction of sp³-hybridized carbons (Fsp3) is 0.435. The second kappa shape index (κ2) is 19.0. The molecule has 0 aliphatic rings. The van der Waals surface area contributed by atoms with E-state index < -0.39 is 0 Å². The fourth-order valence-corrected chi connectivity index (χ4v) is 6.48. The maximum absolute atomic E-state index is 12.3. The zero-order valence-corrected chi connectivity index (χ0v) is 37.6. The van der Waals surface area contributed by atoms with Gasteiger partial charge in [-0.3, -0.25) is 0 Å². The predicted molar refractivity (Wildman–Crippen MR) is 229 cm³/mol. The number of ether oxygens (including phenoxy) is 2. The van der Waals surface area contributed by atoms with Crippen molar-refractivity contribution in [1.29, 1.82) is 0 Å². The quantitative estimate of drug-likeness (QED) is 0.1000. The Kier molecular flexibility index (Phi) is 16.4. The van der Waals surface area contributed by atoms with Crippen molar-refractivity contribution < 1.29 is 35.6 Å². The number of hydrogen-bond donors (Lipinski definition) is 0. The summed E-state index contributed by atoms with van der Waals surface area (Å²) in [4.78, 5) is 26.0. The molecule has 55 heavy (non-hydrogen) atoms. The fourth-order valence-electron chi connectivity index (χ4n) is 5.54. The Morgan fingerprint density at radius 1 is 0.509 bits per heavy atom. The number of para-hydroxylation sites is 2. The topological polar surface area (TPSA) is 80.8 Å². The van der Waals surface area contributed by atoms with Gasteiger partial charge in [0.25, 0.3) is 0 Å². The Labute approximate surface area is 352 Å². The van der Waals surface area contributed by atoms with Crippen molar-refractivity contribution in [3.63, 3.8) is 0 Å². The Morgan fingerprint density at radius 2 is 0.818 bits per heavy atom. The summed E-state index contributed by atoms with van der Waals surface area (Å²) in [7, 11) is 0. The Hall–Kier alpha value is -3.65. The van der Waals surface area contributed by atoms with Gasteiger partial charge >= 0.3 is 11.9 Å². The second-order valence-corrected chi connectivity index (χ2v) is 18.3. The van der Waals surface area contributed by atoms with Crippen LogP contribution in [0.2, 0.25) is 0 Å². The smallest absolute Gasteiger partial charge is 0.336 e. The van der Waals surface area contributed by atoms with Crippen molar-refractivity contribution in [2.45, 2.75) is 128 Å². The van der Waals surface area contributed by atoms with Gasteiger partial charge in [0.2, 0.25) is 0 Å². The molecule has 6 nitrogen and oxygen atoms in total. The number of esters is 2. The van der Waals surface area contributed by atoms with Gasteiger partial charge < -0.3 is 45.4 Å². The molecule has 0 bridgehead atoms. The molecule has 0 amide bonds. The van der Waals surface area contributed by atoms with E-state index in [0.717, 1.165) is 32.3 Å². The predicted octanol–water partition coefficient (Wildman–Crippen LogP) is 13.4. The zero-order chi connectivity index (χ0) is 40.8. The SMILES string of the molecule is CCOC(=O)c1ccccc1[N-]c1cc(C(C)(C)C)cc(C(C)(C)C)c1[S-].CCOC(=O)c1ccccc1[N-]c1cc(C(C)(C)C)cc(C(C)(C)C)c1[S-].[Ni]. The summed E-state index contributed by atoms with van der Waals surface area (Å²) in [6.45, 7) is 30.2. The van der Waals surface area contributed by atoms with E-state index in [0.29, 0.717) is 35.7 Å². The van der Waals surface area contributed by atoms with Crippen LogP contribution < -0.4 is 0 Å². The number of hydrogen-bond acceptors (Lipinski definition) is 6. The molecule has 0 atom stereocenters. The molecule has 0 saturated carbocycles.